The van der Waals surface area contributed by atoms with Gasteiger partial charge in [-0.1, -0.05) is 30.7 Å². The monoisotopic (exact) mass is 305 g/mol. The molecule has 0 radical (unpaired) electrons. The van der Waals surface area contributed by atoms with Gasteiger partial charge in [-0.2, -0.15) is 0 Å². The molecule has 0 saturated carbocycles. The van der Waals surface area contributed by atoms with Gasteiger partial charge in [0.1, 0.15) is 18.1 Å². The molecular formula is C17H20ClNO2. The minimum Gasteiger partial charge on any atom is -0.508 e. The molecule has 0 spiro atoms. The van der Waals surface area contributed by atoms with Crippen LogP contribution in [-0.2, 0) is 13.0 Å². The van der Waals surface area contributed by atoms with Gasteiger partial charge in [-0.3, -0.25) is 0 Å². The first-order valence-corrected chi connectivity index (χ1v) is 7.41. The highest BCUT2D eigenvalue weighted by molar-refractivity contribution is 6.30. The minimum absolute atomic E-state index is 0.0894. The van der Waals surface area contributed by atoms with Crippen LogP contribution < -0.4 is 10.5 Å². The highest BCUT2D eigenvalue weighted by Crippen LogP contribution is 2.25. The molecule has 0 amide bonds. The van der Waals surface area contributed by atoms with Crippen molar-refractivity contribution in [2.75, 3.05) is 0 Å². The molecule has 2 aromatic rings. The van der Waals surface area contributed by atoms with Crippen molar-refractivity contribution in [3.05, 3.63) is 58.6 Å². The summed E-state index contributed by atoms with van der Waals surface area (Å²) in [7, 11) is 0. The summed E-state index contributed by atoms with van der Waals surface area (Å²) in [5.74, 6) is 1.02. The van der Waals surface area contributed by atoms with E-state index < -0.39 is 0 Å². The van der Waals surface area contributed by atoms with Gasteiger partial charge in [0.2, 0.25) is 0 Å². The maximum atomic E-state index is 9.46. The summed E-state index contributed by atoms with van der Waals surface area (Å²) in [6, 6.07) is 12.7. The third-order valence-electron chi connectivity index (χ3n) is 3.33. The molecule has 0 aromatic heterocycles. The van der Waals surface area contributed by atoms with Gasteiger partial charge in [0.25, 0.3) is 0 Å². The van der Waals surface area contributed by atoms with Gasteiger partial charge < -0.3 is 15.6 Å². The second-order valence-corrected chi connectivity index (χ2v) is 5.52. The third-order valence-corrected chi connectivity index (χ3v) is 3.57. The minimum atomic E-state index is 0.0894. The first-order valence-electron chi connectivity index (χ1n) is 7.03. The Balaban J connectivity index is 2.11. The average molecular weight is 306 g/mol. The van der Waals surface area contributed by atoms with Crippen molar-refractivity contribution in [3.63, 3.8) is 0 Å². The maximum absolute atomic E-state index is 9.46. The fourth-order valence-corrected chi connectivity index (χ4v) is 2.28. The molecule has 1 atom stereocenters. The second kappa shape index (κ2) is 7.34. The zero-order valence-electron chi connectivity index (χ0n) is 12.1. The van der Waals surface area contributed by atoms with Crippen molar-refractivity contribution in [3.8, 4) is 11.5 Å². The molecule has 112 valence electrons. The predicted molar refractivity (Wildman–Crippen MR) is 85.9 cm³/mol. The Kier molecular flexibility index (Phi) is 5.48. The van der Waals surface area contributed by atoms with Crippen LogP contribution in [0.15, 0.2) is 42.5 Å². The van der Waals surface area contributed by atoms with Crippen LogP contribution in [0.5, 0.6) is 11.5 Å². The zero-order valence-corrected chi connectivity index (χ0v) is 12.8. The Morgan fingerprint density at radius 1 is 1.24 bits per heavy atom. The number of aromatic hydroxyl groups is 1. The largest absolute Gasteiger partial charge is 0.508 e. The van der Waals surface area contributed by atoms with Crippen molar-refractivity contribution in [1.29, 1.82) is 0 Å². The Hall–Kier alpha value is -1.71. The highest BCUT2D eigenvalue weighted by Gasteiger charge is 2.09. The molecule has 0 aliphatic rings. The van der Waals surface area contributed by atoms with E-state index >= 15 is 0 Å². The van der Waals surface area contributed by atoms with Crippen molar-refractivity contribution in [2.24, 2.45) is 5.73 Å². The molecule has 0 heterocycles. The summed E-state index contributed by atoms with van der Waals surface area (Å²) >= 11 is 6.05. The van der Waals surface area contributed by atoms with Crippen LogP contribution in [0.2, 0.25) is 5.02 Å². The van der Waals surface area contributed by atoms with E-state index in [4.69, 9.17) is 22.1 Å². The van der Waals surface area contributed by atoms with Crippen LogP contribution in [0, 0.1) is 0 Å². The second-order valence-electron chi connectivity index (χ2n) is 5.08. The predicted octanol–water partition coefficient (Wildman–Crippen LogP) is 3.90. The van der Waals surface area contributed by atoms with Crippen molar-refractivity contribution < 1.29 is 9.84 Å². The van der Waals surface area contributed by atoms with Crippen molar-refractivity contribution >= 4 is 11.6 Å². The molecule has 1 unspecified atom stereocenters. The van der Waals surface area contributed by atoms with Crippen molar-refractivity contribution in [2.45, 2.75) is 32.4 Å². The molecule has 0 bridgehead atoms. The smallest absolute Gasteiger partial charge is 0.123 e. The van der Waals surface area contributed by atoms with E-state index in [-0.39, 0.29) is 11.8 Å². The van der Waals surface area contributed by atoms with E-state index in [1.165, 1.54) is 0 Å². The standard InChI is InChI=1S/C17H20ClNO2/c1-2-15(19)10-13-9-14(18)6-7-17(13)21-11-12-4-3-5-16(20)8-12/h3-9,15,20H,2,10-11,19H2,1H3. The number of hydrogen-bond donors (Lipinski definition) is 2. The van der Waals surface area contributed by atoms with Gasteiger partial charge in [0.15, 0.2) is 0 Å². The quantitative estimate of drug-likeness (QED) is 0.851. The number of halogens is 1. The first-order chi connectivity index (χ1) is 10.1. The molecule has 4 heteroatoms. The number of phenolic OH excluding ortho intramolecular Hbond substituents is 1. The summed E-state index contributed by atoms with van der Waals surface area (Å²) in [6.07, 6.45) is 1.63. The lowest BCUT2D eigenvalue weighted by Crippen LogP contribution is -2.21. The Morgan fingerprint density at radius 2 is 2.05 bits per heavy atom. The summed E-state index contributed by atoms with van der Waals surface area (Å²) in [5.41, 5.74) is 7.94. The fourth-order valence-electron chi connectivity index (χ4n) is 2.08. The maximum Gasteiger partial charge on any atom is 0.123 e. The molecule has 0 fully saturated rings. The molecule has 3 nitrogen and oxygen atoms in total. The van der Waals surface area contributed by atoms with E-state index in [2.05, 4.69) is 6.92 Å². The van der Waals surface area contributed by atoms with Crippen LogP contribution in [0.25, 0.3) is 0 Å². The summed E-state index contributed by atoms with van der Waals surface area (Å²) in [6.45, 7) is 2.45. The summed E-state index contributed by atoms with van der Waals surface area (Å²) in [4.78, 5) is 0. The topological polar surface area (TPSA) is 55.5 Å². The molecular weight excluding hydrogens is 286 g/mol. The van der Waals surface area contributed by atoms with Gasteiger partial charge in [-0.25, -0.2) is 0 Å². The molecule has 2 aromatic carbocycles. The number of ether oxygens (including phenoxy) is 1. The van der Waals surface area contributed by atoms with E-state index in [0.717, 1.165) is 29.7 Å². The first kappa shape index (κ1) is 15.7. The summed E-state index contributed by atoms with van der Waals surface area (Å²) < 4.78 is 5.85. The van der Waals surface area contributed by atoms with E-state index in [9.17, 15) is 5.11 Å². The fraction of sp³-hybridized carbons (Fsp3) is 0.294. The molecule has 2 rings (SSSR count). The van der Waals surface area contributed by atoms with Crippen LogP contribution in [0.1, 0.15) is 24.5 Å². The van der Waals surface area contributed by atoms with E-state index in [1.807, 2.05) is 18.2 Å². The highest BCUT2D eigenvalue weighted by atomic mass is 35.5. The van der Waals surface area contributed by atoms with Gasteiger partial charge in [-0.15, -0.1) is 0 Å². The van der Waals surface area contributed by atoms with Gasteiger partial charge >= 0.3 is 0 Å². The molecule has 0 aliphatic heterocycles. The number of nitrogens with two attached hydrogens (primary N) is 1. The van der Waals surface area contributed by atoms with Crippen LogP contribution in [0.4, 0.5) is 0 Å². The zero-order chi connectivity index (χ0) is 15.2. The molecule has 3 N–H and O–H groups in total. The SMILES string of the molecule is CCC(N)Cc1cc(Cl)ccc1OCc1cccc(O)c1. The van der Waals surface area contributed by atoms with Gasteiger partial charge in [0.05, 0.1) is 0 Å². The normalized spacial score (nSPS) is 12.1. The van der Waals surface area contributed by atoms with Crippen molar-refractivity contribution in [1.82, 2.24) is 0 Å². The van der Waals surface area contributed by atoms with Gasteiger partial charge in [0, 0.05) is 11.1 Å². The third kappa shape index (κ3) is 4.66. The summed E-state index contributed by atoms with van der Waals surface area (Å²) in [5, 5.41) is 10.1. The lowest BCUT2D eigenvalue weighted by Gasteiger charge is -2.15. The molecule has 21 heavy (non-hydrogen) atoms. The number of phenols is 1. The van der Waals surface area contributed by atoms with Crippen LogP contribution in [-0.4, -0.2) is 11.1 Å². The number of benzene rings is 2. The number of rotatable bonds is 6. The van der Waals surface area contributed by atoms with Gasteiger partial charge in [-0.05, 0) is 54.3 Å². The Bertz CT molecular complexity index is 601. The lowest BCUT2D eigenvalue weighted by molar-refractivity contribution is 0.301. The Morgan fingerprint density at radius 3 is 2.76 bits per heavy atom. The Labute approximate surface area is 130 Å². The lowest BCUT2D eigenvalue weighted by atomic mass is 10.0. The molecule has 0 saturated heterocycles. The van der Waals surface area contributed by atoms with Crippen LogP contribution >= 0.6 is 11.6 Å². The van der Waals surface area contributed by atoms with E-state index in [0.29, 0.717) is 11.6 Å². The van der Waals surface area contributed by atoms with Crippen LogP contribution in [0.3, 0.4) is 0 Å². The average Bonchev–Trinajstić information content (AvgIpc) is 2.46. The van der Waals surface area contributed by atoms with E-state index in [1.54, 1.807) is 24.3 Å². The number of hydrogen-bond acceptors (Lipinski definition) is 3. The molecule has 0 aliphatic carbocycles.